The molecule has 0 aliphatic carbocycles. The molecule has 0 aromatic rings. The van der Waals surface area contributed by atoms with Crippen LogP contribution in [0.3, 0.4) is 0 Å². The van der Waals surface area contributed by atoms with Gasteiger partial charge < -0.3 is 25.6 Å². The maximum absolute atomic E-state index is 11.5. The quantitative estimate of drug-likeness (QED) is 0.145. The van der Waals surface area contributed by atoms with Gasteiger partial charge in [0.1, 0.15) is 24.5 Å². The van der Waals surface area contributed by atoms with E-state index < -0.39 is 49.4 Å². The van der Waals surface area contributed by atoms with Gasteiger partial charge in [-0.3, -0.25) is 25.0 Å². The van der Waals surface area contributed by atoms with E-state index in [0.29, 0.717) is 6.67 Å². The molecule has 0 aromatic carbocycles. The average Bonchev–Trinajstić information content (AvgIpc) is 3.07. The van der Waals surface area contributed by atoms with Crippen molar-refractivity contribution in [2.75, 3.05) is 19.9 Å². The molecule has 158 valence electrons. The maximum Gasteiger partial charge on any atom is 0.488 e. The molecule has 0 saturated carbocycles. The lowest BCUT2D eigenvalue weighted by molar-refractivity contribution is -0.109. The Morgan fingerprint density at radius 2 is 1.96 bits per heavy atom. The summed E-state index contributed by atoms with van der Waals surface area (Å²) in [5.41, 5.74) is 5.96. The summed E-state index contributed by atoms with van der Waals surface area (Å²) in [6.45, 7) is -0.0783. The van der Waals surface area contributed by atoms with Crippen LogP contribution in [0.4, 0.5) is 0 Å². The van der Waals surface area contributed by atoms with Crippen LogP contribution in [0.1, 0.15) is 0 Å². The monoisotopic (exact) mass is 435 g/mol. The minimum absolute atomic E-state index is 0.192. The molecule has 3 heterocycles. The fourth-order valence-electron chi connectivity index (χ4n) is 3.30. The Labute approximate surface area is 154 Å². The number of aliphatic hydroxyl groups is 2. The van der Waals surface area contributed by atoms with Crippen LogP contribution in [-0.4, -0.2) is 95.8 Å². The second-order valence-electron chi connectivity index (χ2n) is 6.27. The summed E-state index contributed by atoms with van der Waals surface area (Å²) in [5, 5.41) is 29.7. The van der Waals surface area contributed by atoms with E-state index in [4.69, 9.17) is 15.0 Å². The number of hydrogen-bond acceptors (Lipinski definition) is 13. The predicted octanol–water partition coefficient (Wildman–Crippen LogP) is -4.64. The molecule has 3 fully saturated rings. The second kappa shape index (κ2) is 7.85. The summed E-state index contributed by atoms with van der Waals surface area (Å²) in [6, 6.07) is -0.192. The predicted molar refractivity (Wildman–Crippen MR) is 85.6 cm³/mol. The van der Waals surface area contributed by atoms with Crippen molar-refractivity contribution in [1.82, 2.24) is 20.9 Å². The molecule has 0 bridgehead atoms. The first-order valence-corrected chi connectivity index (χ1v) is 10.7. The smallest absolute Gasteiger partial charge is 0.387 e. The van der Waals surface area contributed by atoms with Crippen molar-refractivity contribution in [3.8, 4) is 0 Å². The molecule has 27 heavy (non-hydrogen) atoms. The number of phosphoric acid groups is 1. The molecule has 0 spiro atoms. The highest BCUT2D eigenvalue weighted by molar-refractivity contribution is 7.85. The van der Waals surface area contributed by atoms with Crippen molar-refractivity contribution < 1.29 is 45.9 Å². The standard InChI is InChI=1S/C10H22N5O10PS/c11-8-5-9(13-2-12-8)15(3-14-5)10-7(17)6(16)4(24-10)1-23-26(18,19)25-27(20,21)22/h4-10,12-14,16-17H,1-3,11H2,(H,18,19)(H,20,21,22). The number of fused-ring (bicyclic) bond motifs is 1. The van der Waals surface area contributed by atoms with Crippen LogP contribution in [0.15, 0.2) is 0 Å². The normalized spacial score (nSPS) is 42.8. The third-order valence-electron chi connectivity index (χ3n) is 4.50. The third kappa shape index (κ3) is 4.82. The van der Waals surface area contributed by atoms with Gasteiger partial charge in [0.15, 0.2) is 0 Å². The fourth-order valence-corrected chi connectivity index (χ4v) is 4.76. The topological polar surface area (TPSA) is 225 Å². The highest BCUT2D eigenvalue weighted by atomic mass is 32.3. The van der Waals surface area contributed by atoms with E-state index in [1.807, 2.05) is 0 Å². The summed E-state index contributed by atoms with van der Waals surface area (Å²) in [5.74, 6) is 0. The molecule has 0 aromatic heterocycles. The molecule has 3 saturated heterocycles. The van der Waals surface area contributed by atoms with E-state index in [0.717, 1.165) is 0 Å². The number of nitrogens with zero attached hydrogens (tertiary/aromatic N) is 1. The van der Waals surface area contributed by atoms with E-state index in [-0.39, 0.29) is 25.0 Å². The van der Waals surface area contributed by atoms with Crippen LogP contribution in [0.25, 0.3) is 0 Å². The zero-order chi connectivity index (χ0) is 20.0. The van der Waals surface area contributed by atoms with E-state index in [1.165, 1.54) is 0 Å². The third-order valence-corrected chi connectivity index (χ3v) is 6.48. The lowest BCUT2D eigenvalue weighted by atomic mass is 10.1. The van der Waals surface area contributed by atoms with E-state index in [2.05, 4.69) is 24.4 Å². The molecule has 8 atom stereocenters. The number of phosphoric ester groups is 1. The van der Waals surface area contributed by atoms with Crippen molar-refractivity contribution in [3.05, 3.63) is 0 Å². The summed E-state index contributed by atoms with van der Waals surface area (Å²) in [7, 11) is -10.4. The van der Waals surface area contributed by atoms with Crippen LogP contribution in [0, 0.1) is 0 Å². The van der Waals surface area contributed by atoms with Gasteiger partial charge in [-0.25, -0.2) is 9.46 Å². The highest BCUT2D eigenvalue weighted by Gasteiger charge is 2.52. The Balaban J connectivity index is 1.62. The summed E-state index contributed by atoms with van der Waals surface area (Å²) in [6.07, 6.45) is -5.77. The van der Waals surface area contributed by atoms with Crippen molar-refractivity contribution in [2.45, 2.75) is 42.9 Å². The van der Waals surface area contributed by atoms with Gasteiger partial charge in [0.2, 0.25) is 0 Å². The zero-order valence-corrected chi connectivity index (χ0v) is 15.5. The lowest BCUT2D eigenvalue weighted by Gasteiger charge is -2.38. The molecule has 15 nitrogen and oxygen atoms in total. The molecule has 0 amide bonds. The first-order chi connectivity index (χ1) is 12.5. The average molecular weight is 435 g/mol. The Hall–Kier alpha value is -0.300. The largest absolute Gasteiger partial charge is 0.488 e. The maximum atomic E-state index is 11.5. The van der Waals surface area contributed by atoms with Gasteiger partial charge in [0, 0.05) is 6.67 Å². The Morgan fingerprint density at radius 1 is 1.26 bits per heavy atom. The molecular formula is C10H22N5O10PS. The number of ether oxygens (including phenoxy) is 1. The molecule has 3 aliphatic rings. The van der Waals surface area contributed by atoms with E-state index in [1.54, 1.807) is 4.90 Å². The minimum Gasteiger partial charge on any atom is -0.387 e. The molecule has 9 N–H and O–H groups in total. The van der Waals surface area contributed by atoms with Crippen LogP contribution >= 0.6 is 7.82 Å². The van der Waals surface area contributed by atoms with Gasteiger partial charge in [-0.2, -0.15) is 8.42 Å². The number of nitrogens with one attached hydrogen (secondary N) is 3. The van der Waals surface area contributed by atoms with Gasteiger partial charge in [0.25, 0.3) is 0 Å². The number of nitrogens with two attached hydrogens (primary N) is 1. The van der Waals surface area contributed by atoms with Gasteiger partial charge >= 0.3 is 18.2 Å². The molecular weight excluding hydrogens is 413 g/mol. The molecule has 8 unspecified atom stereocenters. The fraction of sp³-hybridized carbons (Fsp3) is 1.00. The summed E-state index contributed by atoms with van der Waals surface area (Å²) < 4.78 is 54.4. The van der Waals surface area contributed by atoms with Crippen LogP contribution in [-0.2, 0) is 28.2 Å². The molecule has 3 rings (SSSR count). The van der Waals surface area contributed by atoms with Crippen LogP contribution < -0.4 is 21.7 Å². The number of aliphatic hydroxyl groups excluding tert-OH is 2. The zero-order valence-electron chi connectivity index (χ0n) is 13.8. The van der Waals surface area contributed by atoms with Crippen molar-refractivity contribution in [3.63, 3.8) is 0 Å². The van der Waals surface area contributed by atoms with E-state index >= 15 is 0 Å². The molecule has 3 aliphatic heterocycles. The van der Waals surface area contributed by atoms with Crippen molar-refractivity contribution in [1.29, 1.82) is 0 Å². The first-order valence-electron chi connectivity index (χ1n) is 7.87. The minimum atomic E-state index is -5.23. The van der Waals surface area contributed by atoms with Crippen LogP contribution in [0.5, 0.6) is 0 Å². The van der Waals surface area contributed by atoms with Gasteiger partial charge in [-0.15, -0.1) is 3.97 Å². The van der Waals surface area contributed by atoms with Crippen molar-refractivity contribution in [2.24, 2.45) is 5.73 Å². The van der Waals surface area contributed by atoms with Gasteiger partial charge in [-0.1, -0.05) is 0 Å². The molecule has 17 heteroatoms. The SMILES string of the molecule is NC1NCNC2C1NCN2C1OC(COP(=O)(O)OS(=O)(=O)O)C(O)C1O. The van der Waals surface area contributed by atoms with Crippen LogP contribution in [0.2, 0.25) is 0 Å². The summed E-state index contributed by atoms with van der Waals surface area (Å²) >= 11 is 0. The van der Waals surface area contributed by atoms with E-state index in [9.17, 15) is 28.1 Å². The van der Waals surface area contributed by atoms with Gasteiger partial charge in [0.05, 0.1) is 31.6 Å². The lowest BCUT2D eigenvalue weighted by Crippen LogP contribution is -2.68. The highest BCUT2D eigenvalue weighted by Crippen LogP contribution is 2.45. The van der Waals surface area contributed by atoms with Crippen molar-refractivity contribution >= 4 is 18.2 Å². The number of hydrogen-bond donors (Lipinski definition) is 8. The Morgan fingerprint density at radius 3 is 2.63 bits per heavy atom. The molecule has 0 radical (unpaired) electrons. The summed E-state index contributed by atoms with van der Waals surface area (Å²) in [4.78, 5) is 10.9. The Kier molecular flexibility index (Phi) is 6.22. The Bertz CT molecular complexity index is 698. The number of rotatable bonds is 6. The first kappa shape index (κ1) is 21.4. The van der Waals surface area contributed by atoms with Gasteiger partial charge in [-0.05, 0) is 0 Å². The second-order valence-corrected chi connectivity index (χ2v) is 8.92.